The molecule has 22 heavy (non-hydrogen) atoms. The van der Waals surface area contributed by atoms with Gasteiger partial charge in [-0.05, 0) is 42.7 Å². The number of aromatic nitrogens is 3. The lowest BCUT2D eigenvalue weighted by Gasteiger charge is -2.06. The molecule has 0 aliphatic rings. The number of hydrogen-bond acceptors (Lipinski definition) is 5. The Bertz CT molecular complexity index is 786. The Hall–Kier alpha value is -2.54. The van der Waals surface area contributed by atoms with Crippen molar-refractivity contribution in [3.63, 3.8) is 0 Å². The third kappa shape index (κ3) is 3.20. The van der Waals surface area contributed by atoms with Gasteiger partial charge in [0, 0.05) is 16.8 Å². The fourth-order valence-corrected chi connectivity index (χ4v) is 2.33. The molecule has 0 bridgehead atoms. The monoisotopic (exact) mass is 314 g/mol. The Balaban J connectivity index is 1.60. The van der Waals surface area contributed by atoms with E-state index in [4.69, 9.17) is 4.74 Å². The van der Waals surface area contributed by atoms with Crippen LogP contribution in [0.1, 0.15) is 0 Å². The zero-order chi connectivity index (χ0) is 15.4. The van der Waals surface area contributed by atoms with E-state index in [2.05, 4.69) is 15.5 Å². The average Bonchev–Trinajstić information content (AvgIpc) is 2.97. The third-order valence-corrected chi connectivity index (χ3v) is 3.73. The first-order chi connectivity index (χ1) is 10.8. The zero-order valence-corrected chi connectivity index (χ0v) is 12.7. The fraction of sp³-hybridized carbons (Fsp3) is 0.133. The topological polar surface area (TPSA) is 68.5 Å². The predicted molar refractivity (Wildman–Crippen MR) is 85.3 cm³/mol. The molecular weight excluding hydrogens is 300 g/mol. The van der Waals surface area contributed by atoms with Gasteiger partial charge >= 0.3 is 6.01 Å². The summed E-state index contributed by atoms with van der Waals surface area (Å²) in [6, 6.07) is 13.4. The first kappa shape index (κ1) is 14.4. The highest BCUT2D eigenvalue weighted by Crippen LogP contribution is 2.17. The van der Waals surface area contributed by atoms with E-state index in [-0.39, 0.29) is 12.5 Å². The van der Waals surface area contributed by atoms with Crippen LogP contribution < -0.4 is 10.1 Å². The summed E-state index contributed by atoms with van der Waals surface area (Å²) in [4.78, 5) is 13.0. The van der Waals surface area contributed by atoms with Gasteiger partial charge in [-0.3, -0.25) is 9.20 Å². The summed E-state index contributed by atoms with van der Waals surface area (Å²) in [6.07, 6.45) is 3.79. The van der Waals surface area contributed by atoms with Gasteiger partial charge in [0.25, 0.3) is 5.91 Å². The van der Waals surface area contributed by atoms with Gasteiger partial charge in [0.05, 0.1) is 0 Å². The lowest BCUT2D eigenvalue weighted by Crippen LogP contribution is -2.20. The van der Waals surface area contributed by atoms with Gasteiger partial charge in [-0.25, -0.2) is 0 Å². The number of benzene rings is 1. The molecule has 3 rings (SSSR count). The molecule has 0 atom stereocenters. The summed E-state index contributed by atoms with van der Waals surface area (Å²) in [5.74, 6) is -0.246. The zero-order valence-electron chi connectivity index (χ0n) is 11.9. The second-order valence-electron chi connectivity index (χ2n) is 4.48. The molecule has 1 amide bonds. The first-order valence-electron chi connectivity index (χ1n) is 6.63. The maximum atomic E-state index is 11.9. The van der Waals surface area contributed by atoms with Gasteiger partial charge < -0.3 is 10.1 Å². The Kier molecular flexibility index (Phi) is 4.24. The van der Waals surface area contributed by atoms with Gasteiger partial charge in [0.1, 0.15) is 0 Å². The fourth-order valence-electron chi connectivity index (χ4n) is 1.92. The van der Waals surface area contributed by atoms with Crippen LogP contribution in [-0.2, 0) is 4.79 Å². The third-order valence-electron chi connectivity index (χ3n) is 2.99. The summed E-state index contributed by atoms with van der Waals surface area (Å²) in [7, 11) is 0. The molecule has 112 valence electrons. The van der Waals surface area contributed by atoms with Crippen LogP contribution in [0.4, 0.5) is 5.69 Å². The van der Waals surface area contributed by atoms with Crippen molar-refractivity contribution in [2.75, 3.05) is 18.2 Å². The minimum atomic E-state index is -0.246. The molecule has 3 aromatic rings. The standard InChI is InChI=1S/C15H14N4O2S/c1-22-12-7-5-11(6-8-12)16-14(20)10-21-15-18-17-13-4-2-3-9-19(13)15/h2-9H,10H2,1H3,(H,16,20). The van der Waals surface area contributed by atoms with E-state index in [1.807, 2.05) is 48.7 Å². The molecule has 2 heterocycles. The number of anilines is 1. The predicted octanol–water partition coefficient (Wildman–Crippen LogP) is 2.47. The van der Waals surface area contributed by atoms with E-state index in [9.17, 15) is 4.79 Å². The van der Waals surface area contributed by atoms with Crippen LogP contribution >= 0.6 is 11.8 Å². The number of nitrogens with zero attached hydrogens (tertiary/aromatic N) is 3. The number of rotatable bonds is 5. The van der Waals surface area contributed by atoms with Crippen LogP contribution in [0, 0.1) is 0 Å². The molecule has 1 aromatic carbocycles. The van der Waals surface area contributed by atoms with Crippen LogP contribution in [0.25, 0.3) is 5.65 Å². The molecule has 0 aliphatic heterocycles. The van der Waals surface area contributed by atoms with Crippen molar-refractivity contribution in [2.45, 2.75) is 4.90 Å². The van der Waals surface area contributed by atoms with Crippen molar-refractivity contribution in [1.29, 1.82) is 0 Å². The Morgan fingerprint density at radius 1 is 1.23 bits per heavy atom. The van der Waals surface area contributed by atoms with Crippen LogP contribution in [0.2, 0.25) is 0 Å². The van der Waals surface area contributed by atoms with Crippen molar-refractivity contribution in [1.82, 2.24) is 14.6 Å². The summed E-state index contributed by atoms with van der Waals surface area (Å²) >= 11 is 1.65. The summed E-state index contributed by atoms with van der Waals surface area (Å²) < 4.78 is 7.09. The van der Waals surface area contributed by atoms with Gasteiger partial charge in [0.15, 0.2) is 12.3 Å². The first-order valence-corrected chi connectivity index (χ1v) is 7.85. The van der Waals surface area contributed by atoms with Crippen molar-refractivity contribution in [3.8, 4) is 6.01 Å². The number of thioether (sulfide) groups is 1. The maximum Gasteiger partial charge on any atom is 0.322 e. The van der Waals surface area contributed by atoms with Gasteiger partial charge in [-0.2, -0.15) is 0 Å². The Labute approximate surface area is 131 Å². The van der Waals surface area contributed by atoms with Crippen LogP contribution in [-0.4, -0.2) is 33.4 Å². The van der Waals surface area contributed by atoms with Crippen LogP contribution in [0.3, 0.4) is 0 Å². The van der Waals surface area contributed by atoms with E-state index in [0.717, 1.165) is 10.6 Å². The Morgan fingerprint density at radius 2 is 2.05 bits per heavy atom. The van der Waals surface area contributed by atoms with E-state index >= 15 is 0 Å². The van der Waals surface area contributed by atoms with Gasteiger partial charge in [0.2, 0.25) is 0 Å². The maximum absolute atomic E-state index is 11.9. The molecule has 2 aromatic heterocycles. The molecule has 0 unspecified atom stereocenters. The summed E-state index contributed by atoms with van der Waals surface area (Å²) in [5.41, 5.74) is 1.41. The second kappa shape index (κ2) is 6.48. The molecule has 0 saturated carbocycles. The lowest BCUT2D eigenvalue weighted by molar-refractivity contribution is -0.118. The second-order valence-corrected chi connectivity index (χ2v) is 5.36. The quantitative estimate of drug-likeness (QED) is 0.733. The minimum absolute atomic E-state index is 0.125. The number of carbonyl (C=O) groups excluding carboxylic acids is 1. The van der Waals surface area contributed by atoms with Crippen molar-refractivity contribution < 1.29 is 9.53 Å². The highest BCUT2D eigenvalue weighted by atomic mass is 32.2. The number of fused-ring (bicyclic) bond motifs is 1. The van der Waals surface area contributed by atoms with E-state index in [0.29, 0.717) is 11.7 Å². The highest BCUT2D eigenvalue weighted by molar-refractivity contribution is 7.98. The number of carbonyl (C=O) groups is 1. The number of pyridine rings is 1. The molecule has 6 nitrogen and oxygen atoms in total. The Morgan fingerprint density at radius 3 is 2.82 bits per heavy atom. The largest absolute Gasteiger partial charge is 0.453 e. The molecule has 0 radical (unpaired) electrons. The van der Waals surface area contributed by atoms with Crippen LogP contribution in [0.5, 0.6) is 6.01 Å². The number of nitrogens with one attached hydrogen (secondary N) is 1. The summed E-state index contributed by atoms with van der Waals surface area (Å²) in [5, 5.41) is 10.6. The lowest BCUT2D eigenvalue weighted by atomic mass is 10.3. The smallest absolute Gasteiger partial charge is 0.322 e. The number of amides is 1. The molecule has 1 N–H and O–H groups in total. The normalized spacial score (nSPS) is 10.6. The molecule has 0 saturated heterocycles. The minimum Gasteiger partial charge on any atom is -0.453 e. The molecule has 0 spiro atoms. The van der Waals surface area contributed by atoms with E-state index in [1.165, 1.54) is 0 Å². The number of hydrogen-bond donors (Lipinski definition) is 1. The van der Waals surface area contributed by atoms with E-state index in [1.54, 1.807) is 22.4 Å². The SMILES string of the molecule is CSc1ccc(NC(=O)COc2nnc3ccccn23)cc1. The van der Waals surface area contributed by atoms with Gasteiger partial charge in [-0.1, -0.05) is 11.2 Å². The summed E-state index contributed by atoms with van der Waals surface area (Å²) in [6.45, 7) is -0.125. The van der Waals surface area contributed by atoms with Crippen molar-refractivity contribution >= 4 is 29.0 Å². The van der Waals surface area contributed by atoms with Crippen molar-refractivity contribution in [3.05, 3.63) is 48.7 Å². The molecule has 0 fully saturated rings. The number of ether oxygens (including phenoxy) is 1. The van der Waals surface area contributed by atoms with Gasteiger partial charge in [-0.15, -0.1) is 16.9 Å². The molecule has 7 heteroatoms. The highest BCUT2D eigenvalue weighted by Gasteiger charge is 2.09. The molecule has 0 aliphatic carbocycles. The van der Waals surface area contributed by atoms with E-state index < -0.39 is 0 Å². The van der Waals surface area contributed by atoms with Crippen LogP contribution in [0.15, 0.2) is 53.6 Å². The molecular formula is C15H14N4O2S. The van der Waals surface area contributed by atoms with Crippen molar-refractivity contribution in [2.24, 2.45) is 0 Å². The average molecular weight is 314 g/mol.